The third kappa shape index (κ3) is 2.48. The standard InChI is InChI=1S/C12H15N5O/c1-7-5-3-4-6-9(7)8(2)14-11(18)10-15-12(13)17-16-10/h3-6,8H,1-2H3,(H,14,18)(H3,13,15,16,17). The van der Waals surface area contributed by atoms with E-state index in [1.807, 2.05) is 38.1 Å². The Bertz CT molecular complexity index is 563. The number of nitrogens with two attached hydrogens (primary N) is 1. The number of hydrogen-bond acceptors (Lipinski definition) is 4. The molecule has 0 fully saturated rings. The van der Waals surface area contributed by atoms with E-state index in [1.165, 1.54) is 0 Å². The molecule has 2 aromatic rings. The third-order valence-corrected chi connectivity index (χ3v) is 2.72. The maximum Gasteiger partial charge on any atom is 0.289 e. The highest BCUT2D eigenvalue weighted by molar-refractivity contribution is 5.90. The molecule has 0 aliphatic heterocycles. The van der Waals surface area contributed by atoms with Crippen LogP contribution in [0.25, 0.3) is 0 Å². The van der Waals surface area contributed by atoms with Crippen LogP contribution < -0.4 is 11.1 Å². The molecule has 1 aromatic carbocycles. The molecule has 0 aliphatic rings. The molecular weight excluding hydrogens is 230 g/mol. The zero-order valence-electron chi connectivity index (χ0n) is 10.3. The van der Waals surface area contributed by atoms with Gasteiger partial charge in [0.15, 0.2) is 0 Å². The van der Waals surface area contributed by atoms with E-state index in [4.69, 9.17) is 5.73 Å². The largest absolute Gasteiger partial charge is 0.366 e. The first-order valence-electron chi connectivity index (χ1n) is 5.62. The molecule has 1 atom stereocenters. The first-order chi connectivity index (χ1) is 8.58. The predicted molar refractivity (Wildman–Crippen MR) is 67.9 cm³/mol. The highest BCUT2D eigenvalue weighted by atomic mass is 16.2. The number of benzene rings is 1. The van der Waals surface area contributed by atoms with Gasteiger partial charge in [-0.05, 0) is 25.0 Å². The fraction of sp³-hybridized carbons (Fsp3) is 0.250. The molecule has 18 heavy (non-hydrogen) atoms. The van der Waals surface area contributed by atoms with Crippen LogP contribution >= 0.6 is 0 Å². The SMILES string of the molecule is Cc1ccccc1C(C)NC(=O)c1nc(N)n[nH]1. The molecule has 1 heterocycles. The molecule has 6 nitrogen and oxygen atoms in total. The number of aromatic nitrogens is 3. The van der Waals surface area contributed by atoms with Crippen LogP contribution in [0, 0.1) is 6.92 Å². The lowest BCUT2D eigenvalue weighted by atomic mass is 10.0. The summed E-state index contributed by atoms with van der Waals surface area (Å²) in [6, 6.07) is 7.78. The van der Waals surface area contributed by atoms with Crippen molar-refractivity contribution in [2.45, 2.75) is 19.9 Å². The summed E-state index contributed by atoms with van der Waals surface area (Å²) in [5.41, 5.74) is 7.54. The van der Waals surface area contributed by atoms with Gasteiger partial charge in [-0.2, -0.15) is 4.98 Å². The number of nitrogens with one attached hydrogen (secondary N) is 2. The van der Waals surface area contributed by atoms with Crippen LogP contribution in [0.2, 0.25) is 0 Å². The van der Waals surface area contributed by atoms with Gasteiger partial charge in [-0.25, -0.2) is 0 Å². The summed E-state index contributed by atoms with van der Waals surface area (Å²) >= 11 is 0. The average Bonchev–Trinajstić information content (AvgIpc) is 2.76. The molecule has 1 unspecified atom stereocenters. The van der Waals surface area contributed by atoms with Crippen LogP contribution in [0.4, 0.5) is 5.95 Å². The second-order valence-corrected chi connectivity index (χ2v) is 4.09. The summed E-state index contributed by atoms with van der Waals surface area (Å²) in [4.78, 5) is 15.6. The van der Waals surface area contributed by atoms with Gasteiger partial charge >= 0.3 is 0 Å². The maximum absolute atomic E-state index is 11.9. The quantitative estimate of drug-likeness (QED) is 0.756. The van der Waals surface area contributed by atoms with Crippen molar-refractivity contribution in [1.29, 1.82) is 0 Å². The van der Waals surface area contributed by atoms with Crippen molar-refractivity contribution in [2.75, 3.05) is 5.73 Å². The van der Waals surface area contributed by atoms with E-state index in [-0.39, 0.29) is 23.7 Å². The van der Waals surface area contributed by atoms with Crippen molar-refractivity contribution in [1.82, 2.24) is 20.5 Å². The Balaban J connectivity index is 2.10. The molecule has 1 aromatic heterocycles. The minimum atomic E-state index is -0.324. The van der Waals surface area contributed by atoms with Gasteiger partial charge in [-0.3, -0.25) is 9.89 Å². The zero-order valence-corrected chi connectivity index (χ0v) is 10.3. The number of hydrogen-bond donors (Lipinski definition) is 3. The Labute approximate surface area is 105 Å². The summed E-state index contributed by atoms with van der Waals surface area (Å²) < 4.78 is 0. The van der Waals surface area contributed by atoms with Gasteiger partial charge in [-0.15, -0.1) is 5.10 Å². The van der Waals surface area contributed by atoms with Crippen molar-refractivity contribution in [2.24, 2.45) is 0 Å². The number of nitrogens with zero attached hydrogens (tertiary/aromatic N) is 2. The van der Waals surface area contributed by atoms with E-state index >= 15 is 0 Å². The normalized spacial score (nSPS) is 12.1. The van der Waals surface area contributed by atoms with Crippen LogP contribution in [0.3, 0.4) is 0 Å². The smallest absolute Gasteiger partial charge is 0.289 e. The summed E-state index contributed by atoms with van der Waals surface area (Å²) in [6.07, 6.45) is 0. The molecule has 0 bridgehead atoms. The van der Waals surface area contributed by atoms with Crippen LogP contribution in [0.15, 0.2) is 24.3 Å². The number of amides is 1. The second-order valence-electron chi connectivity index (χ2n) is 4.09. The average molecular weight is 245 g/mol. The van der Waals surface area contributed by atoms with E-state index in [0.29, 0.717) is 0 Å². The number of anilines is 1. The molecule has 6 heteroatoms. The summed E-state index contributed by atoms with van der Waals surface area (Å²) in [5.74, 6) is -0.147. The predicted octanol–water partition coefficient (Wildman–Crippen LogP) is 1.19. The number of carbonyl (C=O) groups excluding carboxylic acids is 1. The van der Waals surface area contributed by atoms with Crippen LogP contribution in [0.1, 0.15) is 34.7 Å². The number of aromatic amines is 1. The van der Waals surface area contributed by atoms with E-state index in [9.17, 15) is 4.79 Å². The molecule has 0 radical (unpaired) electrons. The fourth-order valence-corrected chi connectivity index (χ4v) is 1.79. The molecule has 1 amide bonds. The highest BCUT2D eigenvalue weighted by Gasteiger charge is 2.15. The molecule has 4 N–H and O–H groups in total. The Morgan fingerprint density at radius 3 is 2.78 bits per heavy atom. The van der Waals surface area contributed by atoms with Crippen molar-refractivity contribution in [3.05, 3.63) is 41.2 Å². The van der Waals surface area contributed by atoms with Gasteiger partial charge in [0.2, 0.25) is 11.8 Å². The molecule has 0 saturated heterocycles. The summed E-state index contributed by atoms with van der Waals surface area (Å²) in [6.45, 7) is 3.92. The Morgan fingerprint density at radius 1 is 1.44 bits per heavy atom. The van der Waals surface area contributed by atoms with Crippen LogP contribution in [0.5, 0.6) is 0 Å². The molecular formula is C12H15N5O. The maximum atomic E-state index is 11.9. The van der Waals surface area contributed by atoms with Crippen molar-refractivity contribution >= 4 is 11.9 Å². The zero-order chi connectivity index (χ0) is 13.1. The number of H-pyrrole nitrogens is 1. The monoisotopic (exact) mass is 245 g/mol. The van der Waals surface area contributed by atoms with Gasteiger partial charge in [0.1, 0.15) is 0 Å². The van der Waals surface area contributed by atoms with Crippen molar-refractivity contribution < 1.29 is 4.79 Å². The van der Waals surface area contributed by atoms with Gasteiger partial charge in [-0.1, -0.05) is 24.3 Å². The van der Waals surface area contributed by atoms with Crippen LogP contribution in [-0.4, -0.2) is 21.1 Å². The van der Waals surface area contributed by atoms with E-state index < -0.39 is 0 Å². The molecule has 0 spiro atoms. The minimum absolute atomic E-state index is 0.0590. The van der Waals surface area contributed by atoms with Gasteiger partial charge in [0, 0.05) is 0 Å². The van der Waals surface area contributed by atoms with Crippen LogP contribution in [-0.2, 0) is 0 Å². The highest BCUT2D eigenvalue weighted by Crippen LogP contribution is 2.16. The van der Waals surface area contributed by atoms with Crippen molar-refractivity contribution in [3.8, 4) is 0 Å². The Kier molecular flexibility index (Phi) is 3.27. The number of carbonyl (C=O) groups is 1. The fourth-order valence-electron chi connectivity index (χ4n) is 1.79. The molecule has 94 valence electrons. The number of nitrogen functional groups attached to an aromatic ring is 1. The van der Waals surface area contributed by atoms with Gasteiger partial charge in [0.05, 0.1) is 6.04 Å². The van der Waals surface area contributed by atoms with Gasteiger partial charge < -0.3 is 11.1 Å². The molecule has 0 saturated carbocycles. The molecule has 0 aliphatic carbocycles. The van der Waals surface area contributed by atoms with E-state index in [2.05, 4.69) is 20.5 Å². The van der Waals surface area contributed by atoms with Crippen molar-refractivity contribution in [3.63, 3.8) is 0 Å². The second kappa shape index (κ2) is 4.87. The topological polar surface area (TPSA) is 96.7 Å². The summed E-state index contributed by atoms with van der Waals surface area (Å²) in [5, 5.41) is 8.93. The Morgan fingerprint density at radius 2 is 2.17 bits per heavy atom. The lowest BCUT2D eigenvalue weighted by Gasteiger charge is -2.15. The first-order valence-corrected chi connectivity index (χ1v) is 5.62. The van der Waals surface area contributed by atoms with E-state index in [1.54, 1.807) is 0 Å². The third-order valence-electron chi connectivity index (χ3n) is 2.72. The number of aryl methyl sites for hydroxylation is 1. The minimum Gasteiger partial charge on any atom is -0.366 e. The Hall–Kier alpha value is -2.37. The lowest BCUT2D eigenvalue weighted by molar-refractivity contribution is 0.0930. The summed E-state index contributed by atoms with van der Waals surface area (Å²) in [7, 11) is 0. The lowest BCUT2D eigenvalue weighted by Crippen LogP contribution is -2.28. The molecule has 2 rings (SSSR count). The first kappa shape index (κ1) is 12.1. The number of rotatable bonds is 3. The van der Waals surface area contributed by atoms with E-state index in [0.717, 1.165) is 11.1 Å². The van der Waals surface area contributed by atoms with Gasteiger partial charge in [0.25, 0.3) is 5.91 Å².